The predicted molar refractivity (Wildman–Crippen MR) is 104 cm³/mol. The van der Waals surface area contributed by atoms with E-state index in [1.165, 1.54) is 0 Å². The van der Waals surface area contributed by atoms with Gasteiger partial charge in [0.15, 0.2) is 0 Å². The number of hydrogen-bond acceptors (Lipinski definition) is 6. The zero-order valence-corrected chi connectivity index (χ0v) is 15.5. The van der Waals surface area contributed by atoms with E-state index in [2.05, 4.69) is 37.2 Å². The third kappa shape index (κ3) is 3.93. The number of nitrogens with zero attached hydrogens (tertiary/aromatic N) is 5. The molecule has 3 heterocycles. The summed E-state index contributed by atoms with van der Waals surface area (Å²) < 4.78 is 0. The van der Waals surface area contributed by atoms with Crippen molar-refractivity contribution >= 4 is 22.8 Å². The average molecular weight is 362 g/mol. The average Bonchev–Trinajstić information content (AvgIpc) is 2.68. The molecule has 3 aromatic rings. The molecule has 1 fully saturated rings. The first-order valence-electron chi connectivity index (χ1n) is 9.14. The summed E-state index contributed by atoms with van der Waals surface area (Å²) in [5, 5.41) is 3.80. The highest BCUT2D eigenvalue weighted by Crippen LogP contribution is 2.23. The number of aryl methyl sites for hydroxylation is 1. The molecule has 0 saturated carbocycles. The number of nitrogens with one attached hydrogen (secondary N) is 1. The second-order valence-electron chi connectivity index (χ2n) is 7.05. The van der Waals surface area contributed by atoms with Crippen LogP contribution in [-0.4, -0.2) is 50.9 Å². The molecule has 0 bridgehead atoms. The van der Waals surface area contributed by atoms with Gasteiger partial charge in [0.05, 0.1) is 5.52 Å². The molecule has 1 aliphatic rings. The number of hydrogen-bond donors (Lipinski definition) is 1. The Hall–Kier alpha value is -2.93. The van der Waals surface area contributed by atoms with E-state index in [0.717, 1.165) is 53.8 Å². The highest BCUT2D eigenvalue weighted by molar-refractivity contribution is 5.92. The molecule has 27 heavy (non-hydrogen) atoms. The number of amides is 1. The van der Waals surface area contributed by atoms with E-state index < -0.39 is 0 Å². The van der Waals surface area contributed by atoms with Crippen molar-refractivity contribution in [2.24, 2.45) is 5.92 Å². The zero-order chi connectivity index (χ0) is 18.8. The Morgan fingerprint density at radius 1 is 1.07 bits per heavy atom. The molecule has 2 aromatic heterocycles. The van der Waals surface area contributed by atoms with Gasteiger partial charge in [0.1, 0.15) is 5.82 Å². The number of anilines is 1. The van der Waals surface area contributed by atoms with Gasteiger partial charge in [0, 0.05) is 35.5 Å². The van der Waals surface area contributed by atoms with Gasteiger partial charge in [-0.15, -0.1) is 0 Å². The predicted octanol–water partition coefficient (Wildman–Crippen LogP) is 2.68. The molecule has 0 unspecified atom stereocenters. The van der Waals surface area contributed by atoms with Crippen LogP contribution in [0.5, 0.6) is 0 Å². The number of carbonyl (C=O) groups excluding carboxylic acids is 1. The van der Waals surface area contributed by atoms with Gasteiger partial charge >= 0.3 is 0 Å². The van der Waals surface area contributed by atoms with E-state index >= 15 is 0 Å². The number of aromatic nitrogens is 4. The standard InChI is InChI=1S/C20H22N6O/c1-13-21-11-17(12-22-13)15-3-4-16-10-23-20(24-18(16)9-15)25-19(27)14-5-7-26(2)8-6-14/h3-4,9-12,14H,5-8H2,1-2H3,(H,23,24,25,27). The van der Waals surface area contributed by atoms with Gasteiger partial charge in [-0.1, -0.05) is 12.1 Å². The van der Waals surface area contributed by atoms with Gasteiger partial charge in [-0.2, -0.15) is 0 Å². The van der Waals surface area contributed by atoms with Crippen molar-refractivity contribution in [3.8, 4) is 11.1 Å². The molecule has 138 valence electrons. The fourth-order valence-electron chi connectivity index (χ4n) is 3.29. The van der Waals surface area contributed by atoms with E-state index in [1.54, 1.807) is 18.6 Å². The van der Waals surface area contributed by atoms with Gasteiger partial charge < -0.3 is 4.90 Å². The minimum atomic E-state index is 0.00513. The number of fused-ring (bicyclic) bond motifs is 1. The Kier molecular flexibility index (Phi) is 4.77. The van der Waals surface area contributed by atoms with Crippen LogP contribution in [0.4, 0.5) is 5.95 Å². The topological polar surface area (TPSA) is 83.9 Å². The molecule has 7 nitrogen and oxygen atoms in total. The largest absolute Gasteiger partial charge is 0.306 e. The van der Waals surface area contributed by atoms with Crippen molar-refractivity contribution in [2.45, 2.75) is 19.8 Å². The van der Waals surface area contributed by atoms with Crippen molar-refractivity contribution in [3.63, 3.8) is 0 Å². The van der Waals surface area contributed by atoms with Gasteiger partial charge in [0.25, 0.3) is 0 Å². The quantitative estimate of drug-likeness (QED) is 0.771. The first kappa shape index (κ1) is 17.5. The SMILES string of the molecule is Cc1ncc(-c2ccc3cnc(NC(=O)C4CCN(C)CC4)nc3c2)cn1. The smallest absolute Gasteiger partial charge is 0.229 e. The van der Waals surface area contributed by atoms with Gasteiger partial charge in [-0.3, -0.25) is 10.1 Å². The molecule has 0 atom stereocenters. The van der Waals surface area contributed by atoms with Crippen LogP contribution in [0.2, 0.25) is 0 Å². The van der Waals surface area contributed by atoms with Gasteiger partial charge in [-0.05, 0) is 51.5 Å². The maximum Gasteiger partial charge on any atom is 0.229 e. The van der Waals surface area contributed by atoms with Gasteiger partial charge in [0.2, 0.25) is 11.9 Å². The van der Waals surface area contributed by atoms with Crippen LogP contribution in [0.3, 0.4) is 0 Å². The number of benzene rings is 1. The Labute approximate surface area is 157 Å². The molecule has 1 N–H and O–H groups in total. The Balaban J connectivity index is 1.55. The number of likely N-dealkylation sites (tertiary alicyclic amines) is 1. The Morgan fingerprint density at radius 3 is 2.56 bits per heavy atom. The fraction of sp³-hybridized carbons (Fsp3) is 0.350. The lowest BCUT2D eigenvalue weighted by Gasteiger charge is -2.27. The van der Waals surface area contributed by atoms with Crippen LogP contribution in [0.25, 0.3) is 22.0 Å². The normalized spacial score (nSPS) is 15.8. The molecule has 0 aliphatic carbocycles. The minimum absolute atomic E-state index is 0.00513. The number of piperidine rings is 1. The summed E-state index contributed by atoms with van der Waals surface area (Å²) in [5.41, 5.74) is 2.69. The maximum atomic E-state index is 12.5. The third-order valence-corrected chi connectivity index (χ3v) is 5.02. The molecule has 7 heteroatoms. The van der Waals surface area contributed by atoms with E-state index in [1.807, 2.05) is 25.1 Å². The summed E-state index contributed by atoms with van der Waals surface area (Å²) in [4.78, 5) is 32.1. The van der Waals surface area contributed by atoms with Crippen LogP contribution in [0, 0.1) is 12.8 Å². The summed E-state index contributed by atoms with van der Waals surface area (Å²) in [6.45, 7) is 3.74. The Bertz CT molecular complexity index is 964. The lowest BCUT2D eigenvalue weighted by atomic mass is 9.96. The van der Waals surface area contributed by atoms with Crippen molar-refractivity contribution in [2.75, 3.05) is 25.5 Å². The molecule has 1 amide bonds. The van der Waals surface area contributed by atoms with E-state index in [-0.39, 0.29) is 11.8 Å². The van der Waals surface area contributed by atoms with Crippen LogP contribution >= 0.6 is 0 Å². The number of rotatable bonds is 3. The molecule has 1 aromatic carbocycles. The highest BCUT2D eigenvalue weighted by atomic mass is 16.2. The van der Waals surface area contributed by atoms with Crippen molar-refractivity contribution in [3.05, 3.63) is 42.6 Å². The lowest BCUT2D eigenvalue weighted by Crippen LogP contribution is -2.36. The fourth-order valence-corrected chi connectivity index (χ4v) is 3.29. The molecule has 0 radical (unpaired) electrons. The lowest BCUT2D eigenvalue weighted by molar-refractivity contribution is -0.121. The summed E-state index contributed by atoms with van der Waals surface area (Å²) in [6.07, 6.45) is 7.07. The molecule has 4 rings (SSSR count). The second kappa shape index (κ2) is 7.36. The van der Waals surface area contributed by atoms with E-state index in [4.69, 9.17) is 0 Å². The summed E-state index contributed by atoms with van der Waals surface area (Å²) >= 11 is 0. The Morgan fingerprint density at radius 2 is 1.81 bits per heavy atom. The third-order valence-electron chi connectivity index (χ3n) is 5.02. The molecule has 0 spiro atoms. The zero-order valence-electron chi connectivity index (χ0n) is 15.5. The van der Waals surface area contributed by atoms with Crippen molar-refractivity contribution in [1.29, 1.82) is 0 Å². The number of carbonyl (C=O) groups is 1. The van der Waals surface area contributed by atoms with Crippen molar-refractivity contribution < 1.29 is 4.79 Å². The van der Waals surface area contributed by atoms with Crippen LogP contribution in [-0.2, 0) is 4.79 Å². The highest BCUT2D eigenvalue weighted by Gasteiger charge is 2.23. The summed E-state index contributed by atoms with van der Waals surface area (Å²) in [6, 6.07) is 5.93. The first-order chi connectivity index (χ1) is 13.1. The molecular weight excluding hydrogens is 340 g/mol. The monoisotopic (exact) mass is 362 g/mol. The molecule has 1 aliphatic heterocycles. The summed E-state index contributed by atoms with van der Waals surface area (Å²) in [7, 11) is 2.08. The maximum absolute atomic E-state index is 12.5. The van der Waals surface area contributed by atoms with Gasteiger partial charge in [-0.25, -0.2) is 19.9 Å². The van der Waals surface area contributed by atoms with E-state index in [9.17, 15) is 4.79 Å². The van der Waals surface area contributed by atoms with Crippen LogP contribution < -0.4 is 5.32 Å². The molecule has 1 saturated heterocycles. The first-order valence-corrected chi connectivity index (χ1v) is 9.14. The van der Waals surface area contributed by atoms with Crippen LogP contribution in [0.15, 0.2) is 36.8 Å². The van der Waals surface area contributed by atoms with Crippen molar-refractivity contribution in [1.82, 2.24) is 24.8 Å². The minimum Gasteiger partial charge on any atom is -0.306 e. The van der Waals surface area contributed by atoms with E-state index in [0.29, 0.717) is 5.95 Å². The second-order valence-corrected chi connectivity index (χ2v) is 7.05. The summed E-state index contributed by atoms with van der Waals surface area (Å²) in [5.74, 6) is 1.12. The van der Waals surface area contributed by atoms with Crippen LogP contribution in [0.1, 0.15) is 18.7 Å². The molecular formula is C20H22N6O.